The minimum Gasteiger partial charge on any atom is -0.494 e. The summed E-state index contributed by atoms with van der Waals surface area (Å²) in [6.45, 7) is 4.13. The van der Waals surface area contributed by atoms with Crippen molar-refractivity contribution in [3.63, 3.8) is 0 Å². The molecule has 0 fully saturated rings. The van der Waals surface area contributed by atoms with E-state index in [1.165, 1.54) is 0 Å². The first kappa shape index (κ1) is 21.9. The number of carbonyl (C=O) groups is 3. The molecule has 29 heavy (non-hydrogen) atoms. The topological polar surface area (TPSA) is 93.7 Å². The van der Waals surface area contributed by atoms with Crippen LogP contribution >= 0.6 is 0 Å². The molecule has 0 saturated heterocycles. The van der Waals surface area contributed by atoms with Crippen molar-refractivity contribution in [2.75, 3.05) is 23.8 Å². The summed E-state index contributed by atoms with van der Waals surface area (Å²) in [6.07, 6.45) is 1.93. The van der Waals surface area contributed by atoms with Crippen molar-refractivity contribution in [2.45, 2.75) is 33.1 Å². The second-order valence-electron chi connectivity index (χ2n) is 6.30. The monoisotopic (exact) mass is 398 g/mol. The quantitative estimate of drug-likeness (QED) is 0.590. The molecule has 2 N–H and O–H groups in total. The van der Waals surface area contributed by atoms with Gasteiger partial charge in [-0.1, -0.05) is 13.3 Å². The van der Waals surface area contributed by atoms with E-state index in [1.54, 1.807) is 48.5 Å². The van der Waals surface area contributed by atoms with Crippen LogP contribution in [0.15, 0.2) is 48.5 Å². The maximum absolute atomic E-state index is 12.3. The molecule has 0 bridgehead atoms. The Morgan fingerprint density at radius 1 is 0.862 bits per heavy atom. The number of unbranched alkanes of at least 4 members (excludes halogenated alkanes) is 1. The maximum Gasteiger partial charge on any atom is 0.306 e. The van der Waals surface area contributed by atoms with Crippen LogP contribution in [0.1, 0.15) is 43.5 Å². The van der Waals surface area contributed by atoms with Crippen molar-refractivity contribution in [3.05, 3.63) is 54.1 Å². The summed E-state index contributed by atoms with van der Waals surface area (Å²) in [6, 6.07) is 13.5. The van der Waals surface area contributed by atoms with Crippen molar-refractivity contribution in [1.82, 2.24) is 0 Å². The summed E-state index contributed by atoms with van der Waals surface area (Å²) in [5, 5.41) is 5.42. The minimum absolute atomic E-state index is 0.267. The molecule has 2 aromatic rings. The highest BCUT2D eigenvalue weighted by atomic mass is 16.5. The van der Waals surface area contributed by atoms with Crippen LogP contribution in [0.25, 0.3) is 0 Å². The molecule has 0 aliphatic carbocycles. The van der Waals surface area contributed by atoms with Gasteiger partial charge in [0.2, 0.25) is 0 Å². The number of anilines is 2. The van der Waals surface area contributed by atoms with Crippen molar-refractivity contribution in [1.29, 1.82) is 0 Å². The van der Waals surface area contributed by atoms with Gasteiger partial charge in [0.1, 0.15) is 5.75 Å². The average Bonchev–Trinajstić information content (AvgIpc) is 2.73. The molecule has 154 valence electrons. The normalized spacial score (nSPS) is 10.1. The lowest BCUT2D eigenvalue weighted by Gasteiger charge is -2.09. The molecule has 0 heterocycles. The first-order chi connectivity index (χ1) is 14.0. The van der Waals surface area contributed by atoms with Crippen LogP contribution in [0, 0.1) is 0 Å². The van der Waals surface area contributed by atoms with Gasteiger partial charge in [-0.2, -0.15) is 0 Å². The summed E-state index contributed by atoms with van der Waals surface area (Å²) in [7, 11) is 0. The lowest BCUT2D eigenvalue weighted by molar-refractivity contribution is -0.147. The number of hydrogen-bond acceptors (Lipinski definition) is 5. The molecule has 0 aliphatic rings. The summed E-state index contributed by atoms with van der Waals surface area (Å²) in [5.41, 5.74) is 1.61. The number of nitrogens with one attached hydrogen (secondary N) is 2. The van der Waals surface area contributed by atoms with Crippen LogP contribution in [0.5, 0.6) is 5.75 Å². The molecule has 2 amide bonds. The predicted octanol–water partition coefficient (Wildman–Crippen LogP) is 4.01. The van der Waals surface area contributed by atoms with Gasteiger partial charge in [-0.25, -0.2) is 0 Å². The average molecular weight is 398 g/mol. The molecule has 0 saturated carbocycles. The van der Waals surface area contributed by atoms with Crippen molar-refractivity contribution in [2.24, 2.45) is 0 Å². The summed E-state index contributed by atoms with van der Waals surface area (Å²) in [4.78, 5) is 35.6. The van der Waals surface area contributed by atoms with E-state index in [0.29, 0.717) is 30.0 Å². The minimum atomic E-state index is -0.429. The Morgan fingerprint density at radius 2 is 1.48 bits per heavy atom. The smallest absolute Gasteiger partial charge is 0.306 e. The van der Waals surface area contributed by atoms with Crippen LogP contribution in [0.4, 0.5) is 11.4 Å². The van der Waals surface area contributed by atoms with Gasteiger partial charge in [0.15, 0.2) is 6.61 Å². The Bertz CT molecular complexity index is 816. The number of esters is 1. The van der Waals surface area contributed by atoms with Gasteiger partial charge in [-0.05, 0) is 61.9 Å². The molecule has 7 nitrogen and oxygen atoms in total. The number of carbonyl (C=O) groups excluding carboxylic acids is 3. The van der Waals surface area contributed by atoms with Crippen molar-refractivity contribution < 1.29 is 23.9 Å². The first-order valence-corrected chi connectivity index (χ1v) is 9.61. The van der Waals surface area contributed by atoms with E-state index in [-0.39, 0.29) is 18.5 Å². The van der Waals surface area contributed by atoms with E-state index in [1.807, 2.05) is 13.8 Å². The SMILES string of the molecule is CCCCC(=O)OCC(=O)Nc1ccc(C(=O)Nc2ccc(OCC)cc2)cc1. The largest absolute Gasteiger partial charge is 0.494 e. The Hall–Kier alpha value is -3.35. The fourth-order valence-corrected chi connectivity index (χ4v) is 2.45. The van der Waals surface area contributed by atoms with E-state index in [4.69, 9.17) is 9.47 Å². The molecular weight excluding hydrogens is 372 g/mol. The Morgan fingerprint density at radius 3 is 2.10 bits per heavy atom. The molecule has 0 spiro atoms. The predicted molar refractivity (Wildman–Crippen MR) is 111 cm³/mol. The van der Waals surface area contributed by atoms with Gasteiger partial charge in [0.05, 0.1) is 6.61 Å². The number of hydrogen-bond donors (Lipinski definition) is 2. The lowest BCUT2D eigenvalue weighted by atomic mass is 10.2. The molecular formula is C22H26N2O5. The fourth-order valence-electron chi connectivity index (χ4n) is 2.45. The van der Waals surface area contributed by atoms with Crippen LogP contribution in [-0.2, 0) is 14.3 Å². The lowest BCUT2D eigenvalue weighted by Crippen LogP contribution is -2.20. The van der Waals surface area contributed by atoms with Crippen LogP contribution in [0.3, 0.4) is 0 Å². The van der Waals surface area contributed by atoms with Gasteiger partial charge < -0.3 is 20.1 Å². The van der Waals surface area contributed by atoms with E-state index < -0.39 is 5.91 Å². The molecule has 0 aromatic heterocycles. The highest BCUT2D eigenvalue weighted by molar-refractivity contribution is 6.04. The molecule has 0 unspecified atom stereocenters. The van der Waals surface area contributed by atoms with E-state index in [0.717, 1.165) is 18.6 Å². The molecule has 0 atom stereocenters. The Kier molecular flexibility index (Phi) is 8.69. The molecule has 7 heteroatoms. The third-order valence-corrected chi connectivity index (χ3v) is 3.95. The Balaban J connectivity index is 1.83. The standard InChI is InChI=1S/C22H26N2O5/c1-3-5-6-21(26)29-15-20(25)23-17-9-7-16(8-10-17)22(27)24-18-11-13-19(14-12-18)28-4-2/h7-14H,3-6,15H2,1-2H3,(H,23,25)(H,24,27). The van der Waals surface area contributed by atoms with Crippen molar-refractivity contribution in [3.8, 4) is 5.75 Å². The van der Waals surface area contributed by atoms with E-state index >= 15 is 0 Å². The molecule has 0 radical (unpaired) electrons. The van der Waals surface area contributed by atoms with Gasteiger partial charge >= 0.3 is 5.97 Å². The van der Waals surface area contributed by atoms with Gasteiger partial charge in [-0.15, -0.1) is 0 Å². The first-order valence-electron chi connectivity index (χ1n) is 9.61. The molecule has 2 rings (SSSR count). The number of benzene rings is 2. The zero-order chi connectivity index (χ0) is 21.1. The van der Waals surface area contributed by atoms with Gasteiger partial charge in [0.25, 0.3) is 11.8 Å². The zero-order valence-electron chi connectivity index (χ0n) is 16.7. The third kappa shape index (κ3) is 7.65. The van der Waals surface area contributed by atoms with Crippen molar-refractivity contribution >= 4 is 29.2 Å². The highest BCUT2D eigenvalue weighted by Crippen LogP contribution is 2.17. The molecule has 2 aromatic carbocycles. The zero-order valence-corrected chi connectivity index (χ0v) is 16.7. The number of amides is 2. The van der Waals surface area contributed by atoms with Gasteiger partial charge in [-0.3, -0.25) is 14.4 Å². The van der Waals surface area contributed by atoms with E-state index in [2.05, 4.69) is 10.6 Å². The van der Waals surface area contributed by atoms with Gasteiger partial charge in [0, 0.05) is 23.4 Å². The number of rotatable bonds is 10. The summed E-state index contributed by atoms with van der Waals surface area (Å²) in [5.74, 6) is -0.344. The van der Waals surface area contributed by atoms with Crippen LogP contribution < -0.4 is 15.4 Å². The fraction of sp³-hybridized carbons (Fsp3) is 0.318. The Labute approximate surface area is 170 Å². The maximum atomic E-state index is 12.3. The summed E-state index contributed by atoms with van der Waals surface area (Å²) < 4.78 is 10.3. The second-order valence-corrected chi connectivity index (χ2v) is 6.30. The highest BCUT2D eigenvalue weighted by Gasteiger charge is 2.09. The molecule has 0 aliphatic heterocycles. The second kappa shape index (κ2) is 11.5. The van der Waals surface area contributed by atoms with Crippen LogP contribution in [-0.4, -0.2) is 31.0 Å². The number of ether oxygens (including phenoxy) is 2. The summed E-state index contributed by atoms with van der Waals surface area (Å²) >= 11 is 0. The van der Waals surface area contributed by atoms with E-state index in [9.17, 15) is 14.4 Å². The third-order valence-electron chi connectivity index (χ3n) is 3.95. The van der Waals surface area contributed by atoms with Crippen LogP contribution in [0.2, 0.25) is 0 Å².